The number of carbonyl (C=O) groups excluding carboxylic acids is 1. The van der Waals surface area contributed by atoms with Crippen LogP contribution < -0.4 is 0 Å². The molecule has 7 nitrogen and oxygen atoms in total. The highest BCUT2D eigenvalue weighted by Gasteiger charge is 2.69. The minimum atomic E-state index is -0.842. The van der Waals surface area contributed by atoms with Crippen LogP contribution in [0.2, 0.25) is 0 Å². The van der Waals surface area contributed by atoms with Crippen molar-refractivity contribution in [3.63, 3.8) is 0 Å². The quantitative estimate of drug-likeness (QED) is 0.554. The van der Waals surface area contributed by atoms with Crippen molar-refractivity contribution >= 4 is 5.91 Å². The van der Waals surface area contributed by atoms with Gasteiger partial charge >= 0.3 is 0 Å². The maximum atomic E-state index is 12.3. The molecule has 0 aromatic carbocycles. The first-order chi connectivity index (χ1) is 9.32. The summed E-state index contributed by atoms with van der Waals surface area (Å²) < 4.78 is 11.1. The van der Waals surface area contributed by atoms with Crippen molar-refractivity contribution in [2.45, 2.75) is 45.6 Å². The molecule has 2 aliphatic rings. The van der Waals surface area contributed by atoms with Crippen LogP contribution in [0, 0.1) is 22.0 Å². The Bertz CT molecular complexity index is 408. The van der Waals surface area contributed by atoms with Crippen LogP contribution >= 0.6 is 0 Å². The molecule has 0 aromatic rings. The third-order valence-corrected chi connectivity index (χ3v) is 4.10. The molecule has 1 aliphatic carbocycles. The summed E-state index contributed by atoms with van der Waals surface area (Å²) in [7, 11) is 0. The van der Waals surface area contributed by atoms with Gasteiger partial charge in [-0.2, -0.15) is 0 Å². The van der Waals surface area contributed by atoms with Gasteiger partial charge in [0.15, 0.2) is 5.79 Å². The molecule has 2 rings (SSSR count). The third-order valence-electron chi connectivity index (χ3n) is 4.10. The predicted molar refractivity (Wildman–Crippen MR) is 70.6 cm³/mol. The number of hydrogen-bond acceptors (Lipinski definition) is 5. The molecule has 114 valence electrons. The van der Waals surface area contributed by atoms with Gasteiger partial charge in [-0.1, -0.05) is 0 Å². The third kappa shape index (κ3) is 2.64. The molecule has 7 heteroatoms. The molecular weight excluding hydrogens is 264 g/mol. The molecule has 0 aromatic heterocycles. The van der Waals surface area contributed by atoms with E-state index in [1.54, 1.807) is 18.7 Å². The van der Waals surface area contributed by atoms with E-state index in [4.69, 9.17) is 9.47 Å². The summed E-state index contributed by atoms with van der Waals surface area (Å²) in [5.41, 5.74) is 0. The summed E-state index contributed by atoms with van der Waals surface area (Å²) >= 11 is 0. The van der Waals surface area contributed by atoms with Crippen molar-refractivity contribution in [3.8, 4) is 0 Å². The first-order valence-corrected chi connectivity index (χ1v) is 7.06. The summed E-state index contributed by atoms with van der Waals surface area (Å²) in [5, 5.41) is 11.1. The second-order valence-electron chi connectivity index (χ2n) is 5.76. The summed E-state index contributed by atoms with van der Waals surface area (Å²) in [6, 6.07) is -0.842. The Balaban J connectivity index is 2.09. The number of ether oxygens (including phenoxy) is 2. The van der Waals surface area contributed by atoms with E-state index in [9.17, 15) is 14.9 Å². The maximum Gasteiger partial charge on any atom is 0.233 e. The van der Waals surface area contributed by atoms with E-state index in [2.05, 4.69) is 0 Å². The zero-order valence-corrected chi connectivity index (χ0v) is 12.4. The summed E-state index contributed by atoms with van der Waals surface area (Å²) in [5.74, 6) is -1.82. The predicted octanol–water partition coefficient (Wildman–Crippen LogP) is 0.898. The van der Waals surface area contributed by atoms with E-state index in [1.807, 2.05) is 13.8 Å². The first-order valence-electron chi connectivity index (χ1n) is 7.06. The molecule has 1 saturated carbocycles. The zero-order valence-electron chi connectivity index (χ0n) is 12.4. The fourth-order valence-corrected chi connectivity index (χ4v) is 3.00. The van der Waals surface area contributed by atoms with E-state index in [-0.39, 0.29) is 22.9 Å². The van der Waals surface area contributed by atoms with Gasteiger partial charge in [-0.25, -0.2) is 0 Å². The Morgan fingerprint density at radius 3 is 2.40 bits per heavy atom. The molecule has 0 bridgehead atoms. The molecule has 1 amide bonds. The topological polar surface area (TPSA) is 81.9 Å². The Morgan fingerprint density at radius 1 is 1.40 bits per heavy atom. The van der Waals surface area contributed by atoms with Gasteiger partial charge in [0.2, 0.25) is 11.9 Å². The summed E-state index contributed by atoms with van der Waals surface area (Å²) in [6.07, 6.45) is -0.370. The highest BCUT2D eigenvalue weighted by atomic mass is 16.7. The summed E-state index contributed by atoms with van der Waals surface area (Å²) in [4.78, 5) is 24.8. The number of nitro groups is 1. The van der Waals surface area contributed by atoms with E-state index < -0.39 is 17.7 Å². The Kier molecular flexibility index (Phi) is 4.02. The van der Waals surface area contributed by atoms with Crippen LogP contribution in [-0.4, -0.2) is 53.4 Å². The molecule has 0 unspecified atom stereocenters. The molecule has 20 heavy (non-hydrogen) atoms. The standard InChI is InChI=1S/C13H22N2O5/c1-5-14(6-2)12(16)10-9(11(10)15(17)18)8-7-19-13(3,4)20-8/h8-11H,5-7H2,1-4H3/t8-,9-,10+,11-/m0/s1. The lowest BCUT2D eigenvalue weighted by molar-refractivity contribution is -0.501. The smallest absolute Gasteiger partial charge is 0.233 e. The van der Waals surface area contributed by atoms with Crippen LogP contribution in [0.5, 0.6) is 0 Å². The SMILES string of the molecule is CCN(CC)C(=O)[C@@H]1[C@H]([C@@H]2COC(C)(C)O2)[C@@H]1[N+](=O)[O-]. The number of carbonyl (C=O) groups is 1. The van der Waals surface area contributed by atoms with Crippen molar-refractivity contribution in [2.24, 2.45) is 11.8 Å². The highest BCUT2D eigenvalue weighted by molar-refractivity contribution is 5.83. The lowest BCUT2D eigenvalue weighted by atomic mass is 10.2. The fraction of sp³-hybridized carbons (Fsp3) is 0.923. The molecule has 1 aliphatic heterocycles. The molecule has 0 N–H and O–H groups in total. The second kappa shape index (κ2) is 5.29. The van der Waals surface area contributed by atoms with Crippen LogP contribution in [0.1, 0.15) is 27.7 Å². The van der Waals surface area contributed by atoms with Crippen molar-refractivity contribution in [1.82, 2.24) is 4.90 Å². The molecule has 4 atom stereocenters. The van der Waals surface area contributed by atoms with Crippen molar-refractivity contribution < 1.29 is 19.2 Å². The van der Waals surface area contributed by atoms with E-state index in [0.717, 1.165) is 0 Å². The van der Waals surface area contributed by atoms with Gasteiger partial charge in [0.1, 0.15) is 5.92 Å². The number of rotatable bonds is 5. The van der Waals surface area contributed by atoms with Crippen LogP contribution in [0.4, 0.5) is 0 Å². The van der Waals surface area contributed by atoms with Crippen molar-refractivity contribution in [2.75, 3.05) is 19.7 Å². The molecule has 0 radical (unpaired) electrons. The van der Waals surface area contributed by atoms with E-state index in [1.165, 1.54) is 0 Å². The monoisotopic (exact) mass is 286 g/mol. The van der Waals surface area contributed by atoms with Gasteiger partial charge in [0, 0.05) is 18.0 Å². The van der Waals surface area contributed by atoms with Crippen LogP contribution in [0.3, 0.4) is 0 Å². The normalized spacial score (nSPS) is 34.8. The van der Waals surface area contributed by atoms with Gasteiger partial charge in [0.25, 0.3) is 0 Å². The Hall–Kier alpha value is -1.21. The van der Waals surface area contributed by atoms with Gasteiger partial charge in [-0.3, -0.25) is 14.9 Å². The minimum Gasteiger partial charge on any atom is -0.348 e. The van der Waals surface area contributed by atoms with Gasteiger partial charge < -0.3 is 14.4 Å². The van der Waals surface area contributed by atoms with E-state index in [0.29, 0.717) is 19.7 Å². The molecule has 1 saturated heterocycles. The summed E-state index contributed by atoms with van der Waals surface area (Å²) in [6.45, 7) is 8.74. The number of hydrogen-bond donors (Lipinski definition) is 0. The maximum absolute atomic E-state index is 12.3. The van der Waals surface area contributed by atoms with Gasteiger partial charge in [0.05, 0.1) is 18.6 Å². The number of nitrogens with zero attached hydrogens (tertiary/aromatic N) is 2. The lowest BCUT2D eigenvalue weighted by Crippen LogP contribution is -2.34. The highest BCUT2D eigenvalue weighted by Crippen LogP contribution is 2.48. The van der Waals surface area contributed by atoms with Crippen LogP contribution in [-0.2, 0) is 14.3 Å². The molecular formula is C13H22N2O5. The lowest BCUT2D eigenvalue weighted by Gasteiger charge is -2.19. The fourth-order valence-electron chi connectivity index (χ4n) is 3.00. The van der Waals surface area contributed by atoms with Crippen LogP contribution in [0.15, 0.2) is 0 Å². The van der Waals surface area contributed by atoms with E-state index >= 15 is 0 Å². The van der Waals surface area contributed by atoms with Gasteiger partial charge in [-0.15, -0.1) is 0 Å². The van der Waals surface area contributed by atoms with Crippen LogP contribution in [0.25, 0.3) is 0 Å². The average Bonchev–Trinajstić information content (AvgIpc) is 3.02. The number of amides is 1. The largest absolute Gasteiger partial charge is 0.348 e. The molecule has 2 fully saturated rings. The van der Waals surface area contributed by atoms with Crippen molar-refractivity contribution in [3.05, 3.63) is 10.1 Å². The molecule has 1 heterocycles. The van der Waals surface area contributed by atoms with Gasteiger partial charge in [-0.05, 0) is 27.7 Å². The Labute approximate surface area is 118 Å². The minimum absolute atomic E-state index is 0.144. The Morgan fingerprint density at radius 2 is 2.00 bits per heavy atom. The van der Waals surface area contributed by atoms with Crippen molar-refractivity contribution in [1.29, 1.82) is 0 Å². The second-order valence-corrected chi connectivity index (χ2v) is 5.76. The first kappa shape index (κ1) is 15.2. The zero-order chi connectivity index (χ0) is 15.1. The molecule has 0 spiro atoms. The average molecular weight is 286 g/mol.